The Balaban J connectivity index is 0.000000770. The fourth-order valence-corrected chi connectivity index (χ4v) is 1.27. The molecule has 1 aromatic rings. The van der Waals surface area contributed by atoms with Crippen LogP contribution >= 0.6 is 0 Å². The summed E-state index contributed by atoms with van der Waals surface area (Å²) in [7, 11) is 3.75. The summed E-state index contributed by atoms with van der Waals surface area (Å²) in [6.45, 7) is 6.73. The lowest BCUT2D eigenvalue weighted by atomic mass is 10.2. The molecule has 0 atom stereocenters. The minimum atomic E-state index is 0.814. The quantitative estimate of drug-likeness (QED) is 0.758. The van der Waals surface area contributed by atoms with Gasteiger partial charge in [-0.25, -0.2) is 0 Å². The summed E-state index contributed by atoms with van der Waals surface area (Å²) >= 11 is 0. The normalized spacial score (nSPS) is 9.12. The van der Waals surface area contributed by atoms with Crippen molar-refractivity contribution in [3.8, 4) is 5.75 Å². The third-order valence-corrected chi connectivity index (χ3v) is 2.11. The van der Waals surface area contributed by atoms with E-state index in [0.29, 0.717) is 0 Å². The van der Waals surface area contributed by atoms with E-state index in [1.807, 2.05) is 44.4 Å². The van der Waals surface area contributed by atoms with Crippen LogP contribution in [0.1, 0.15) is 31.7 Å². The van der Waals surface area contributed by atoms with Crippen LogP contribution in [0, 0.1) is 0 Å². The van der Waals surface area contributed by atoms with Gasteiger partial charge >= 0.3 is 0 Å². The smallest absolute Gasteiger partial charge is 0.119 e. The lowest BCUT2D eigenvalue weighted by molar-refractivity contribution is 0.306. The van der Waals surface area contributed by atoms with Crippen molar-refractivity contribution < 1.29 is 4.74 Å². The molecular weight excluding hydrogens is 210 g/mol. The van der Waals surface area contributed by atoms with Gasteiger partial charge in [0, 0.05) is 0 Å². The highest BCUT2D eigenvalue weighted by molar-refractivity contribution is 5.49. The molecule has 0 spiro atoms. The van der Waals surface area contributed by atoms with Gasteiger partial charge < -0.3 is 10.1 Å². The van der Waals surface area contributed by atoms with Gasteiger partial charge in [-0.05, 0) is 38.2 Å². The summed E-state index contributed by atoms with van der Waals surface area (Å²) in [5.74, 6) is 0.943. The third kappa shape index (κ3) is 8.52. The van der Waals surface area contributed by atoms with Gasteiger partial charge in [0.25, 0.3) is 0 Å². The van der Waals surface area contributed by atoms with Crippen LogP contribution in [-0.2, 0) is 0 Å². The van der Waals surface area contributed by atoms with Crippen LogP contribution in [0.25, 0.3) is 6.08 Å². The fraction of sp³-hybridized carbons (Fsp3) is 0.467. The molecule has 1 N–H and O–H groups in total. The second-order valence-corrected chi connectivity index (χ2v) is 3.83. The molecule has 0 radical (unpaired) electrons. The SMILES string of the molecule is C=Cc1cccc(OCCCCC)c1.CNC. The van der Waals surface area contributed by atoms with E-state index in [4.69, 9.17) is 4.74 Å². The second kappa shape index (κ2) is 11.2. The average molecular weight is 235 g/mol. The molecule has 0 aromatic heterocycles. The molecule has 0 heterocycles. The van der Waals surface area contributed by atoms with E-state index < -0.39 is 0 Å². The molecule has 0 fully saturated rings. The van der Waals surface area contributed by atoms with Crippen molar-refractivity contribution in [3.05, 3.63) is 36.4 Å². The highest BCUT2D eigenvalue weighted by atomic mass is 16.5. The van der Waals surface area contributed by atoms with Gasteiger partial charge in [-0.15, -0.1) is 0 Å². The van der Waals surface area contributed by atoms with Gasteiger partial charge in [0.2, 0.25) is 0 Å². The molecule has 0 aliphatic carbocycles. The largest absolute Gasteiger partial charge is 0.494 e. The number of hydrogen-bond acceptors (Lipinski definition) is 2. The van der Waals surface area contributed by atoms with Crippen LogP contribution in [0.3, 0.4) is 0 Å². The van der Waals surface area contributed by atoms with E-state index in [-0.39, 0.29) is 0 Å². The zero-order valence-corrected chi connectivity index (χ0v) is 11.3. The van der Waals surface area contributed by atoms with Gasteiger partial charge in [-0.1, -0.05) is 44.6 Å². The number of ether oxygens (including phenoxy) is 1. The highest BCUT2D eigenvalue weighted by Gasteiger charge is 1.93. The maximum atomic E-state index is 5.60. The minimum absolute atomic E-state index is 0.814. The van der Waals surface area contributed by atoms with E-state index >= 15 is 0 Å². The first kappa shape index (κ1) is 15.7. The number of rotatable bonds is 6. The van der Waals surface area contributed by atoms with E-state index in [9.17, 15) is 0 Å². The van der Waals surface area contributed by atoms with E-state index in [2.05, 4.69) is 18.8 Å². The fourth-order valence-electron chi connectivity index (χ4n) is 1.27. The molecular formula is C15H25NO. The number of nitrogens with one attached hydrogen (secondary N) is 1. The second-order valence-electron chi connectivity index (χ2n) is 3.83. The first-order valence-corrected chi connectivity index (χ1v) is 6.22. The molecule has 0 aliphatic heterocycles. The molecule has 1 rings (SSSR count). The first-order chi connectivity index (χ1) is 8.28. The number of benzene rings is 1. The molecule has 17 heavy (non-hydrogen) atoms. The van der Waals surface area contributed by atoms with Gasteiger partial charge in [0.05, 0.1) is 6.61 Å². The molecule has 2 nitrogen and oxygen atoms in total. The Morgan fingerprint density at radius 1 is 1.29 bits per heavy atom. The van der Waals surface area contributed by atoms with Crippen LogP contribution in [0.5, 0.6) is 5.75 Å². The molecule has 2 heteroatoms. The van der Waals surface area contributed by atoms with Crippen molar-refractivity contribution >= 4 is 6.08 Å². The summed E-state index contributed by atoms with van der Waals surface area (Å²) in [5, 5.41) is 2.75. The molecule has 0 saturated heterocycles. The standard InChI is InChI=1S/C13H18O.C2H7N/c1-3-5-6-10-14-13-9-7-8-12(4-2)11-13;1-3-2/h4,7-9,11H,2-3,5-6,10H2,1H3;3H,1-2H3. The first-order valence-electron chi connectivity index (χ1n) is 6.22. The molecule has 0 aliphatic rings. The van der Waals surface area contributed by atoms with Gasteiger partial charge in [-0.3, -0.25) is 0 Å². The monoisotopic (exact) mass is 235 g/mol. The Morgan fingerprint density at radius 2 is 2.00 bits per heavy atom. The van der Waals surface area contributed by atoms with Crippen LogP contribution in [-0.4, -0.2) is 20.7 Å². The maximum absolute atomic E-state index is 5.60. The van der Waals surface area contributed by atoms with Crippen LogP contribution < -0.4 is 10.1 Å². The van der Waals surface area contributed by atoms with E-state index in [0.717, 1.165) is 24.3 Å². The van der Waals surface area contributed by atoms with Crippen molar-refractivity contribution in [1.82, 2.24) is 5.32 Å². The van der Waals surface area contributed by atoms with Crippen LogP contribution in [0.4, 0.5) is 0 Å². The van der Waals surface area contributed by atoms with Crippen molar-refractivity contribution in [2.45, 2.75) is 26.2 Å². The maximum Gasteiger partial charge on any atom is 0.119 e. The number of hydrogen-bond donors (Lipinski definition) is 1. The van der Waals surface area contributed by atoms with Crippen molar-refractivity contribution in [2.75, 3.05) is 20.7 Å². The Kier molecular flexibility index (Phi) is 10.4. The topological polar surface area (TPSA) is 21.3 Å². The zero-order valence-electron chi connectivity index (χ0n) is 11.3. The van der Waals surface area contributed by atoms with Gasteiger partial charge in [0.15, 0.2) is 0 Å². The zero-order chi connectivity index (χ0) is 12.9. The Bertz CT molecular complexity index is 297. The molecule has 1 aromatic carbocycles. The minimum Gasteiger partial charge on any atom is -0.494 e. The molecule has 0 saturated carbocycles. The summed E-state index contributed by atoms with van der Waals surface area (Å²) in [6.07, 6.45) is 5.44. The van der Waals surface area contributed by atoms with Crippen LogP contribution in [0.15, 0.2) is 30.8 Å². The van der Waals surface area contributed by atoms with Crippen LogP contribution in [0.2, 0.25) is 0 Å². The van der Waals surface area contributed by atoms with Crippen molar-refractivity contribution in [3.63, 3.8) is 0 Å². The summed E-state index contributed by atoms with van der Waals surface area (Å²) in [6, 6.07) is 8.01. The highest BCUT2D eigenvalue weighted by Crippen LogP contribution is 2.14. The predicted molar refractivity (Wildman–Crippen MR) is 76.5 cm³/mol. The summed E-state index contributed by atoms with van der Waals surface area (Å²) < 4.78 is 5.60. The Hall–Kier alpha value is -1.28. The van der Waals surface area contributed by atoms with Gasteiger partial charge in [-0.2, -0.15) is 0 Å². The average Bonchev–Trinajstić information content (AvgIpc) is 2.36. The van der Waals surface area contributed by atoms with E-state index in [1.165, 1.54) is 12.8 Å². The lowest BCUT2D eigenvalue weighted by Gasteiger charge is -2.05. The molecule has 0 amide bonds. The van der Waals surface area contributed by atoms with E-state index in [1.54, 1.807) is 0 Å². The Morgan fingerprint density at radius 3 is 2.59 bits per heavy atom. The Labute approximate surface area is 106 Å². The predicted octanol–water partition coefficient (Wildman–Crippen LogP) is 3.73. The third-order valence-electron chi connectivity index (χ3n) is 2.11. The van der Waals surface area contributed by atoms with Gasteiger partial charge in [0.1, 0.15) is 5.75 Å². The van der Waals surface area contributed by atoms with Crippen molar-refractivity contribution in [2.24, 2.45) is 0 Å². The summed E-state index contributed by atoms with van der Waals surface area (Å²) in [4.78, 5) is 0. The molecule has 96 valence electrons. The summed E-state index contributed by atoms with van der Waals surface area (Å²) in [5.41, 5.74) is 1.11. The van der Waals surface area contributed by atoms with Crippen molar-refractivity contribution in [1.29, 1.82) is 0 Å². The lowest BCUT2D eigenvalue weighted by Crippen LogP contribution is -1.96. The molecule has 0 bridgehead atoms. The number of unbranched alkanes of at least 4 members (excludes halogenated alkanes) is 2. The molecule has 0 unspecified atom stereocenters.